The molecular formula is C10H11NO2. The van der Waals surface area contributed by atoms with E-state index in [1.54, 1.807) is 12.1 Å². The van der Waals surface area contributed by atoms with Crippen LogP contribution in [0.3, 0.4) is 0 Å². The van der Waals surface area contributed by atoms with Crippen molar-refractivity contribution in [3.05, 3.63) is 35.4 Å². The number of carbonyl (C=O) groups is 2. The van der Waals surface area contributed by atoms with E-state index in [0.29, 0.717) is 11.8 Å². The Morgan fingerprint density at radius 1 is 1.38 bits per heavy atom. The molecule has 0 saturated carbocycles. The van der Waals surface area contributed by atoms with Gasteiger partial charge in [-0.15, -0.1) is 0 Å². The first-order valence-electron chi connectivity index (χ1n) is 4.02. The number of nitrogens with one attached hydrogen (secondary N) is 1. The van der Waals surface area contributed by atoms with Crippen molar-refractivity contribution in [2.75, 3.05) is 6.54 Å². The molecule has 0 aliphatic heterocycles. The fraction of sp³-hybridized carbons (Fsp3) is 0.200. The molecule has 0 spiro atoms. The summed E-state index contributed by atoms with van der Waals surface area (Å²) in [6, 6.07) is 7.18. The van der Waals surface area contributed by atoms with Crippen LogP contribution in [0.4, 0.5) is 0 Å². The summed E-state index contributed by atoms with van der Waals surface area (Å²) in [5.74, 6) is -0.216. The van der Waals surface area contributed by atoms with Crippen LogP contribution < -0.4 is 5.32 Å². The summed E-state index contributed by atoms with van der Waals surface area (Å²) in [7, 11) is 0. The van der Waals surface area contributed by atoms with Crippen molar-refractivity contribution in [2.24, 2.45) is 0 Å². The van der Waals surface area contributed by atoms with E-state index in [-0.39, 0.29) is 12.5 Å². The number of amides is 1. The van der Waals surface area contributed by atoms with Gasteiger partial charge >= 0.3 is 0 Å². The van der Waals surface area contributed by atoms with Gasteiger partial charge in [-0.05, 0) is 19.1 Å². The highest BCUT2D eigenvalue weighted by Gasteiger charge is 2.02. The Balaban J connectivity index is 2.66. The number of aryl methyl sites for hydroxylation is 1. The minimum absolute atomic E-state index is 0.0622. The minimum Gasteiger partial charge on any atom is -0.345 e. The van der Waals surface area contributed by atoms with Gasteiger partial charge in [-0.25, -0.2) is 0 Å². The lowest BCUT2D eigenvalue weighted by atomic mass is 10.1. The van der Waals surface area contributed by atoms with Gasteiger partial charge in [0.05, 0.1) is 6.54 Å². The van der Waals surface area contributed by atoms with Crippen LogP contribution >= 0.6 is 0 Å². The molecule has 0 aromatic heterocycles. The molecular weight excluding hydrogens is 166 g/mol. The van der Waals surface area contributed by atoms with Crippen LogP contribution in [0.1, 0.15) is 15.9 Å². The monoisotopic (exact) mass is 177 g/mol. The number of hydrogen-bond acceptors (Lipinski definition) is 2. The quantitative estimate of drug-likeness (QED) is 0.698. The van der Waals surface area contributed by atoms with Crippen molar-refractivity contribution in [2.45, 2.75) is 6.92 Å². The van der Waals surface area contributed by atoms with Crippen LogP contribution in [0.25, 0.3) is 0 Å². The average molecular weight is 177 g/mol. The Morgan fingerprint density at radius 3 is 2.54 bits per heavy atom. The van der Waals surface area contributed by atoms with Gasteiger partial charge in [-0.1, -0.05) is 17.7 Å². The van der Waals surface area contributed by atoms with E-state index in [9.17, 15) is 9.59 Å². The van der Waals surface area contributed by atoms with E-state index in [2.05, 4.69) is 5.32 Å². The Kier molecular flexibility index (Phi) is 3.20. The molecule has 0 aliphatic carbocycles. The third-order valence-corrected chi connectivity index (χ3v) is 1.66. The summed E-state index contributed by atoms with van der Waals surface area (Å²) < 4.78 is 0. The molecule has 3 nitrogen and oxygen atoms in total. The zero-order chi connectivity index (χ0) is 9.68. The lowest BCUT2D eigenvalue weighted by molar-refractivity contribution is -0.107. The second kappa shape index (κ2) is 4.40. The van der Waals surface area contributed by atoms with Crippen molar-refractivity contribution < 1.29 is 9.59 Å². The van der Waals surface area contributed by atoms with Crippen molar-refractivity contribution in [1.29, 1.82) is 0 Å². The van der Waals surface area contributed by atoms with E-state index >= 15 is 0 Å². The van der Waals surface area contributed by atoms with Gasteiger partial charge in [-0.3, -0.25) is 4.79 Å². The number of aldehydes is 1. The molecule has 0 radical (unpaired) electrons. The molecule has 1 amide bonds. The van der Waals surface area contributed by atoms with E-state index in [4.69, 9.17) is 0 Å². The van der Waals surface area contributed by atoms with Gasteiger partial charge in [0.15, 0.2) is 0 Å². The molecule has 0 unspecified atom stereocenters. The normalized spacial score (nSPS) is 9.31. The molecule has 13 heavy (non-hydrogen) atoms. The Hall–Kier alpha value is -1.64. The highest BCUT2D eigenvalue weighted by atomic mass is 16.2. The molecule has 1 rings (SSSR count). The van der Waals surface area contributed by atoms with Gasteiger partial charge in [0.1, 0.15) is 6.29 Å². The summed E-state index contributed by atoms with van der Waals surface area (Å²) in [5, 5.41) is 2.46. The molecule has 0 aliphatic rings. The SMILES string of the molecule is Cc1ccc(C(=O)NCC=O)cc1. The van der Waals surface area contributed by atoms with Gasteiger partial charge in [0, 0.05) is 5.56 Å². The fourth-order valence-electron chi connectivity index (χ4n) is 0.941. The maximum atomic E-state index is 11.2. The lowest BCUT2D eigenvalue weighted by Crippen LogP contribution is -2.24. The highest BCUT2D eigenvalue weighted by Crippen LogP contribution is 2.02. The zero-order valence-electron chi connectivity index (χ0n) is 7.41. The Bertz CT molecular complexity index is 303. The van der Waals surface area contributed by atoms with Crippen LogP contribution in [-0.4, -0.2) is 18.7 Å². The first kappa shape index (κ1) is 9.45. The first-order valence-corrected chi connectivity index (χ1v) is 4.02. The minimum atomic E-state index is -0.216. The van der Waals surface area contributed by atoms with Crippen molar-refractivity contribution in [1.82, 2.24) is 5.32 Å². The summed E-state index contributed by atoms with van der Waals surface area (Å²) >= 11 is 0. The predicted molar refractivity (Wildman–Crippen MR) is 49.6 cm³/mol. The van der Waals surface area contributed by atoms with Gasteiger partial charge in [-0.2, -0.15) is 0 Å². The summed E-state index contributed by atoms with van der Waals surface area (Å²) in [6.45, 7) is 2.01. The molecule has 1 aromatic carbocycles. The van der Waals surface area contributed by atoms with Gasteiger partial charge < -0.3 is 10.1 Å². The fourth-order valence-corrected chi connectivity index (χ4v) is 0.941. The average Bonchev–Trinajstić information content (AvgIpc) is 2.15. The van der Waals surface area contributed by atoms with E-state index in [1.807, 2.05) is 19.1 Å². The molecule has 68 valence electrons. The summed E-state index contributed by atoms with van der Waals surface area (Å²) in [5.41, 5.74) is 1.68. The lowest BCUT2D eigenvalue weighted by Gasteiger charge is -2.00. The Morgan fingerprint density at radius 2 is 2.00 bits per heavy atom. The number of rotatable bonds is 3. The predicted octanol–water partition coefficient (Wildman–Crippen LogP) is 0.924. The van der Waals surface area contributed by atoms with E-state index < -0.39 is 0 Å². The van der Waals surface area contributed by atoms with E-state index in [0.717, 1.165) is 5.56 Å². The second-order valence-electron chi connectivity index (χ2n) is 2.74. The van der Waals surface area contributed by atoms with Crippen molar-refractivity contribution >= 4 is 12.2 Å². The molecule has 0 atom stereocenters. The van der Waals surface area contributed by atoms with Crippen LogP contribution in [0.2, 0.25) is 0 Å². The zero-order valence-corrected chi connectivity index (χ0v) is 7.41. The van der Waals surface area contributed by atoms with E-state index in [1.165, 1.54) is 0 Å². The molecule has 1 N–H and O–H groups in total. The maximum absolute atomic E-state index is 11.2. The number of benzene rings is 1. The molecule has 3 heteroatoms. The molecule has 0 bridgehead atoms. The Labute approximate surface area is 76.8 Å². The van der Waals surface area contributed by atoms with Gasteiger partial charge in [0.2, 0.25) is 0 Å². The molecule has 0 fully saturated rings. The van der Waals surface area contributed by atoms with Gasteiger partial charge in [0.25, 0.3) is 5.91 Å². The molecule has 0 heterocycles. The second-order valence-corrected chi connectivity index (χ2v) is 2.74. The molecule has 0 saturated heterocycles. The number of carbonyl (C=O) groups excluding carboxylic acids is 2. The highest BCUT2D eigenvalue weighted by molar-refractivity contribution is 5.95. The third kappa shape index (κ3) is 2.71. The summed E-state index contributed by atoms with van der Waals surface area (Å²) in [6.07, 6.45) is 0.659. The molecule has 1 aromatic rings. The van der Waals surface area contributed by atoms with Crippen molar-refractivity contribution in [3.63, 3.8) is 0 Å². The topological polar surface area (TPSA) is 46.2 Å². The standard InChI is InChI=1S/C10H11NO2/c1-8-2-4-9(5-3-8)10(13)11-6-7-12/h2-5,7H,6H2,1H3,(H,11,13). The summed E-state index contributed by atoms with van der Waals surface area (Å²) in [4.78, 5) is 21.2. The largest absolute Gasteiger partial charge is 0.345 e. The maximum Gasteiger partial charge on any atom is 0.251 e. The van der Waals surface area contributed by atoms with Crippen molar-refractivity contribution in [3.8, 4) is 0 Å². The van der Waals surface area contributed by atoms with Crippen LogP contribution in [0.15, 0.2) is 24.3 Å². The van der Waals surface area contributed by atoms with Crippen LogP contribution in [-0.2, 0) is 4.79 Å². The van der Waals surface area contributed by atoms with Crippen LogP contribution in [0.5, 0.6) is 0 Å². The smallest absolute Gasteiger partial charge is 0.251 e. The number of hydrogen-bond donors (Lipinski definition) is 1. The first-order chi connectivity index (χ1) is 6.24. The van der Waals surface area contributed by atoms with Crippen LogP contribution in [0, 0.1) is 6.92 Å². The third-order valence-electron chi connectivity index (χ3n) is 1.66.